The van der Waals surface area contributed by atoms with Crippen LogP contribution in [-0.4, -0.2) is 16.9 Å². The molecule has 0 aliphatic heterocycles. The summed E-state index contributed by atoms with van der Waals surface area (Å²) in [4.78, 5) is 0. The predicted molar refractivity (Wildman–Crippen MR) is 47.1 cm³/mol. The van der Waals surface area contributed by atoms with Crippen LogP contribution in [0.1, 0.15) is 5.69 Å². The fourth-order valence-corrected chi connectivity index (χ4v) is 1.26. The lowest BCUT2D eigenvalue weighted by Crippen LogP contribution is -1.95. The SMILES string of the molecule is COc1c(NS)c(C)nn1C. The Bertz CT molecular complexity index is 234. The maximum Gasteiger partial charge on any atom is 0.236 e. The van der Waals surface area contributed by atoms with E-state index in [2.05, 4.69) is 22.6 Å². The van der Waals surface area contributed by atoms with Crippen LogP contribution in [0.5, 0.6) is 5.88 Å². The summed E-state index contributed by atoms with van der Waals surface area (Å²) >= 11 is 3.93. The van der Waals surface area contributed by atoms with Crippen molar-refractivity contribution in [2.75, 3.05) is 11.8 Å². The molecular formula is C6H11N3OS. The zero-order valence-corrected chi connectivity index (χ0v) is 7.64. The number of nitrogens with one attached hydrogen (secondary N) is 1. The number of methoxy groups -OCH3 is 1. The van der Waals surface area contributed by atoms with Crippen molar-refractivity contribution in [2.45, 2.75) is 6.92 Å². The number of rotatable bonds is 2. The van der Waals surface area contributed by atoms with E-state index in [1.807, 2.05) is 14.0 Å². The molecule has 1 aromatic heterocycles. The normalized spacial score (nSPS) is 9.82. The zero-order chi connectivity index (χ0) is 8.43. The molecule has 62 valence electrons. The van der Waals surface area contributed by atoms with Crippen molar-refractivity contribution in [1.29, 1.82) is 0 Å². The van der Waals surface area contributed by atoms with Crippen molar-refractivity contribution < 1.29 is 4.74 Å². The monoisotopic (exact) mass is 173 g/mol. The number of hydrogen-bond donors (Lipinski definition) is 2. The number of hydrogen-bond acceptors (Lipinski definition) is 4. The molecule has 0 aromatic carbocycles. The third-order valence-corrected chi connectivity index (χ3v) is 1.70. The lowest BCUT2D eigenvalue weighted by molar-refractivity contribution is 0.375. The lowest BCUT2D eigenvalue weighted by Gasteiger charge is -2.01. The Kier molecular flexibility index (Phi) is 2.28. The Morgan fingerprint density at radius 3 is 2.64 bits per heavy atom. The minimum absolute atomic E-state index is 0.692. The minimum Gasteiger partial charge on any atom is -0.480 e. The van der Waals surface area contributed by atoms with Gasteiger partial charge in [0.1, 0.15) is 5.69 Å². The molecule has 0 aliphatic rings. The van der Waals surface area contributed by atoms with Crippen molar-refractivity contribution in [3.05, 3.63) is 5.69 Å². The van der Waals surface area contributed by atoms with Crippen LogP contribution in [0.15, 0.2) is 0 Å². The van der Waals surface area contributed by atoms with Gasteiger partial charge < -0.3 is 9.46 Å². The molecule has 0 fully saturated rings. The average Bonchev–Trinajstić information content (AvgIpc) is 2.24. The van der Waals surface area contributed by atoms with Gasteiger partial charge in [-0.15, -0.1) is 0 Å². The van der Waals surface area contributed by atoms with Gasteiger partial charge >= 0.3 is 0 Å². The van der Waals surface area contributed by atoms with Crippen LogP contribution in [0.2, 0.25) is 0 Å². The van der Waals surface area contributed by atoms with Crippen molar-refractivity contribution in [2.24, 2.45) is 7.05 Å². The first-order valence-electron chi connectivity index (χ1n) is 3.18. The summed E-state index contributed by atoms with van der Waals surface area (Å²) < 4.78 is 9.46. The van der Waals surface area contributed by atoms with Crippen LogP contribution in [-0.2, 0) is 7.05 Å². The molecule has 0 atom stereocenters. The van der Waals surface area contributed by atoms with Crippen LogP contribution >= 0.6 is 12.8 Å². The second kappa shape index (κ2) is 3.04. The van der Waals surface area contributed by atoms with E-state index < -0.39 is 0 Å². The Hall–Kier alpha value is -0.840. The van der Waals surface area contributed by atoms with Crippen molar-refractivity contribution in [1.82, 2.24) is 9.78 Å². The number of nitrogens with zero attached hydrogens (tertiary/aromatic N) is 2. The van der Waals surface area contributed by atoms with E-state index in [-0.39, 0.29) is 0 Å². The quantitative estimate of drug-likeness (QED) is 0.655. The first-order valence-corrected chi connectivity index (χ1v) is 3.63. The van der Waals surface area contributed by atoms with Gasteiger partial charge in [-0.2, -0.15) is 5.10 Å². The molecule has 0 aliphatic carbocycles. The molecule has 1 heterocycles. The summed E-state index contributed by atoms with van der Waals surface area (Å²) in [5, 5.41) is 4.13. The third kappa shape index (κ3) is 1.28. The van der Waals surface area contributed by atoms with Crippen molar-refractivity contribution in [3.8, 4) is 5.88 Å². The van der Waals surface area contributed by atoms with E-state index in [4.69, 9.17) is 4.74 Å². The van der Waals surface area contributed by atoms with Crippen LogP contribution < -0.4 is 9.46 Å². The summed E-state index contributed by atoms with van der Waals surface area (Å²) in [6, 6.07) is 0. The highest BCUT2D eigenvalue weighted by molar-refractivity contribution is 7.81. The molecule has 1 rings (SSSR count). The standard InChI is InChI=1S/C6H11N3OS/c1-4-5(8-11)6(10-3)9(2)7-4/h8,11H,1-3H3. The number of ether oxygens (including phenoxy) is 1. The maximum atomic E-state index is 5.08. The molecule has 11 heavy (non-hydrogen) atoms. The van der Waals surface area contributed by atoms with Crippen molar-refractivity contribution >= 4 is 18.5 Å². The van der Waals surface area contributed by atoms with Gasteiger partial charge in [0.15, 0.2) is 0 Å². The second-order valence-electron chi connectivity index (χ2n) is 2.21. The Morgan fingerprint density at radius 2 is 2.27 bits per heavy atom. The Balaban J connectivity index is 3.17. The summed E-state index contributed by atoms with van der Waals surface area (Å²) in [5.41, 5.74) is 1.69. The van der Waals surface area contributed by atoms with Gasteiger partial charge in [0.2, 0.25) is 5.88 Å². The molecule has 0 unspecified atom stereocenters. The highest BCUT2D eigenvalue weighted by atomic mass is 32.1. The summed E-state index contributed by atoms with van der Waals surface area (Å²) in [5.74, 6) is 0.692. The van der Waals surface area contributed by atoms with E-state index in [9.17, 15) is 0 Å². The maximum absolute atomic E-state index is 5.08. The van der Waals surface area contributed by atoms with Gasteiger partial charge in [-0.3, -0.25) is 0 Å². The fraction of sp³-hybridized carbons (Fsp3) is 0.500. The highest BCUT2D eigenvalue weighted by Gasteiger charge is 2.11. The smallest absolute Gasteiger partial charge is 0.236 e. The number of aryl methyl sites for hydroxylation is 2. The number of aromatic nitrogens is 2. The van der Waals surface area contributed by atoms with E-state index in [1.165, 1.54) is 0 Å². The molecule has 0 bridgehead atoms. The number of thiol groups is 1. The minimum atomic E-state index is 0.692. The third-order valence-electron chi connectivity index (χ3n) is 1.47. The van der Waals surface area contributed by atoms with Crippen molar-refractivity contribution in [3.63, 3.8) is 0 Å². The second-order valence-corrected chi connectivity index (χ2v) is 2.43. The Labute approximate surface area is 71.1 Å². The topological polar surface area (TPSA) is 39.1 Å². The molecule has 4 nitrogen and oxygen atoms in total. The van der Waals surface area contributed by atoms with Gasteiger partial charge in [-0.05, 0) is 6.92 Å². The highest BCUT2D eigenvalue weighted by Crippen LogP contribution is 2.26. The largest absolute Gasteiger partial charge is 0.480 e. The van der Waals surface area contributed by atoms with Gasteiger partial charge in [0.05, 0.1) is 12.8 Å². The molecule has 1 N–H and O–H groups in total. The molecular weight excluding hydrogens is 162 g/mol. The molecule has 0 saturated carbocycles. The van der Waals surface area contributed by atoms with Gasteiger partial charge in [0.25, 0.3) is 0 Å². The summed E-state index contributed by atoms with van der Waals surface area (Å²) in [6.45, 7) is 1.89. The van der Waals surface area contributed by atoms with Crippen LogP contribution in [0.3, 0.4) is 0 Å². The van der Waals surface area contributed by atoms with E-state index >= 15 is 0 Å². The molecule has 0 spiro atoms. The van der Waals surface area contributed by atoms with E-state index in [1.54, 1.807) is 11.8 Å². The first-order chi connectivity index (χ1) is 5.20. The number of anilines is 1. The molecule has 5 heteroatoms. The molecule has 0 amide bonds. The summed E-state index contributed by atoms with van der Waals surface area (Å²) in [7, 11) is 3.42. The van der Waals surface area contributed by atoms with Gasteiger partial charge in [0, 0.05) is 7.05 Å². The van der Waals surface area contributed by atoms with Crippen LogP contribution in [0.4, 0.5) is 5.69 Å². The van der Waals surface area contributed by atoms with Gasteiger partial charge in [-0.1, -0.05) is 12.8 Å². The predicted octanol–water partition coefficient (Wildman–Crippen LogP) is 0.994. The Morgan fingerprint density at radius 1 is 1.64 bits per heavy atom. The van der Waals surface area contributed by atoms with E-state index in [0.717, 1.165) is 11.4 Å². The zero-order valence-electron chi connectivity index (χ0n) is 6.75. The average molecular weight is 173 g/mol. The lowest BCUT2D eigenvalue weighted by atomic mass is 10.4. The molecule has 0 radical (unpaired) electrons. The fourth-order valence-electron chi connectivity index (χ4n) is 1.000. The van der Waals surface area contributed by atoms with Crippen LogP contribution in [0.25, 0.3) is 0 Å². The summed E-state index contributed by atoms with van der Waals surface area (Å²) in [6.07, 6.45) is 0. The first kappa shape index (κ1) is 8.26. The molecule has 0 saturated heterocycles. The van der Waals surface area contributed by atoms with Gasteiger partial charge in [-0.25, -0.2) is 4.68 Å². The van der Waals surface area contributed by atoms with E-state index in [0.29, 0.717) is 5.88 Å². The van der Waals surface area contributed by atoms with Crippen LogP contribution in [0, 0.1) is 6.92 Å². The molecule has 1 aromatic rings.